The highest BCUT2D eigenvalue weighted by Gasteiger charge is 2.46. The first-order valence-corrected chi connectivity index (χ1v) is 4.34. The van der Waals surface area contributed by atoms with Gasteiger partial charge in [-0.25, -0.2) is 13.2 Å². The largest absolute Gasteiger partial charge is 0.491 e. The average molecular weight is 222 g/mol. The lowest BCUT2D eigenvalue weighted by Crippen LogP contribution is -2.40. The maximum atomic E-state index is 13.5. The third-order valence-corrected chi connectivity index (χ3v) is 1.98. The predicted molar refractivity (Wildman–Crippen MR) is 47.8 cm³/mol. The van der Waals surface area contributed by atoms with Gasteiger partial charge in [0.25, 0.3) is 5.85 Å². The molecule has 2 N–H and O–H groups in total. The van der Waals surface area contributed by atoms with Gasteiger partial charge in [0.15, 0.2) is 0 Å². The summed E-state index contributed by atoms with van der Waals surface area (Å²) in [4.78, 5) is 0. The molecule has 0 heterocycles. The highest BCUT2D eigenvalue weighted by molar-refractivity contribution is 6.52. The van der Waals surface area contributed by atoms with Crippen LogP contribution in [0.4, 0.5) is 13.2 Å². The molecule has 0 aliphatic heterocycles. The van der Waals surface area contributed by atoms with E-state index in [9.17, 15) is 13.2 Å². The van der Waals surface area contributed by atoms with Crippen LogP contribution in [-0.2, 0) is 4.74 Å². The second-order valence-corrected chi connectivity index (χ2v) is 3.00. The molecule has 2 unspecified atom stereocenters. The lowest BCUT2D eigenvalue weighted by atomic mass is 9.75. The molecule has 1 rings (SSSR count). The van der Waals surface area contributed by atoms with Crippen molar-refractivity contribution in [2.24, 2.45) is 0 Å². The van der Waals surface area contributed by atoms with Crippen LogP contribution in [0.5, 0.6) is 0 Å². The van der Waals surface area contributed by atoms with Gasteiger partial charge in [0.2, 0.25) is 6.17 Å². The molecule has 1 aliphatic carbocycles. The number of allylic oxidation sites excluding steroid dienone is 2. The van der Waals surface area contributed by atoms with Crippen LogP contribution in [0.15, 0.2) is 23.5 Å². The van der Waals surface area contributed by atoms with Crippen molar-refractivity contribution in [2.45, 2.75) is 19.0 Å². The van der Waals surface area contributed by atoms with Crippen LogP contribution >= 0.6 is 0 Å². The third-order valence-electron chi connectivity index (χ3n) is 1.98. The van der Waals surface area contributed by atoms with E-state index in [0.717, 1.165) is 6.08 Å². The maximum Gasteiger partial charge on any atom is 0.491 e. The minimum absolute atomic E-state index is 0.133. The van der Waals surface area contributed by atoms with E-state index >= 15 is 0 Å². The first-order chi connectivity index (χ1) is 6.92. The first kappa shape index (κ1) is 12.3. The number of alkyl halides is 2. The molecule has 0 aromatic heterocycles. The van der Waals surface area contributed by atoms with Crippen molar-refractivity contribution in [1.82, 2.24) is 0 Å². The monoisotopic (exact) mass is 222 g/mol. The van der Waals surface area contributed by atoms with Gasteiger partial charge in [-0.3, -0.25) is 0 Å². The van der Waals surface area contributed by atoms with Gasteiger partial charge >= 0.3 is 7.12 Å². The SMILES string of the molecule is CCOC1(F)C=CC(B(O)O)=C(F)C1F. The molecular weight excluding hydrogens is 212 g/mol. The summed E-state index contributed by atoms with van der Waals surface area (Å²) < 4.78 is 44.3. The first-order valence-electron chi connectivity index (χ1n) is 4.34. The van der Waals surface area contributed by atoms with E-state index in [2.05, 4.69) is 4.74 Å². The molecule has 0 saturated heterocycles. The fourth-order valence-corrected chi connectivity index (χ4v) is 1.24. The van der Waals surface area contributed by atoms with E-state index in [1.165, 1.54) is 6.92 Å². The molecule has 0 fully saturated rings. The molecule has 1 aliphatic rings. The summed E-state index contributed by atoms with van der Waals surface area (Å²) in [5, 5.41) is 17.3. The van der Waals surface area contributed by atoms with Crippen molar-refractivity contribution in [3.63, 3.8) is 0 Å². The zero-order valence-corrected chi connectivity index (χ0v) is 7.95. The Morgan fingerprint density at radius 3 is 2.67 bits per heavy atom. The fraction of sp³-hybridized carbons (Fsp3) is 0.500. The molecule has 0 spiro atoms. The Kier molecular flexibility index (Phi) is 3.59. The van der Waals surface area contributed by atoms with Gasteiger partial charge in [-0.1, -0.05) is 6.08 Å². The standard InChI is InChI=1S/C8H10BF3O3/c1-2-15-8(12)4-3-5(9(13)14)6(10)7(8)11/h3-4,7,13-14H,2H2,1H3. The van der Waals surface area contributed by atoms with Gasteiger partial charge in [0.1, 0.15) is 5.83 Å². The van der Waals surface area contributed by atoms with Gasteiger partial charge in [-0.2, -0.15) is 0 Å². The zero-order valence-electron chi connectivity index (χ0n) is 7.95. The van der Waals surface area contributed by atoms with Crippen molar-refractivity contribution in [2.75, 3.05) is 6.61 Å². The highest BCUT2D eigenvalue weighted by atomic mass is 19.2. The Balaban J connectivity index is 2.98. The van der Waals surface area contributed by atoms with Gasteiger partial charge in [0.05, 0.1) is 0 Å². The number of rotatable bonds is 3. The van der Waals surface area contributed by atoms with E-state index in [1.807, 2.05) is 0 Å². The molecule has 0 amide bonds. The van der Waals surface area contributed by atoms with Crippen LogP contribution < -0.4 is 0 Å². The summed E-state index contributed by atoms with van der Waals surface area (Å²) in [7, 11) is -2.18. The second kappa shape index (κ2) is 4.38. The Labute approximate surface area is 85.0 Å². The number of hydrogen-bond donors (Lipinski definition) is 2. The number of hydrogen-bond acceptors (Lipinski definition) is 3. The number of ether oxygens (including phenoxy) is 1. The quantitative estimate of drug-likeness (QED) is 0.695. The van der Waals surface area contributed by atoms with Crippen molar-refractivity contribution in [1.29, 1.82) is 0 Å². The zero-order chi connectivity index (χ0) is 11.6. The average Bonchev–Trinajstić information content (AvgIpc) is 2.14. The van der Waals surface area contributed by atoms with Crippen LogP contribution in [0.3, 0.4) is 0 Å². The highest BCUT2D eigenvalue weighted by Crippen LogP contribution is 2.35. The lowest BCUT2D eigenvalue weighted by molar-refractivity contribution is -0.143. The molecule has 7 heteroatoms. The Morgan fingerprint density at radius 2 is 2.20 bits per heavy atom. The van der Waals surface area contributed by atoms with Crippen molar-refractivity contribution in [3.05, 3.63) is 23.5 Å². The van der Waals surface area contributed by atoms with Crippen LogP contribution in [0.25, 0.3) is 0 Å². The minimum Gasteiger partial charge on any atom is -0.423 e. The lowest BCUT2D eigenvalue weighted by Gasteiger charge is -2.28. The Morgan fingerprint density at radius 1 is 1.60 bits per heavy atom. The normalized spacial score (nSPS) is 30.9. The van der Waals surface area contributed by atoms with Crippen LogP contribution in [0, 0.1) is 0 Å². The Hall–Kier alpha value is -0.785. The smallest absolute Gasteiger partial charge is 0.423 e. The van der Waals surface area contributed by atoms with E-state index in [-0.39, 0.29) is 6.61 Å². The van der Waals surface area contributed by atoms with Crippen LogP contribution in [0.2, 0.25) is 0 Å². The second-order valence-electron chi connectivity index (χ2n) is 3.00. The molecule has 0 aromatic rings. The maximum absolute atomic E-state index is 13.5. The topological polar surface area (TPSA) is 49.7 Å². The summed E-state index contributed by atoms with van der Waals surface area (Å²) in [6.07, 6.45) is -1.30. The fourth-order valence-electron chi connectivity index (χ4n) is 1.24. The summed E-state index contributed by atoms with van der Waals surface area (Å²) in [5.74, 6) is -4.44. The van der Waals surface area contributed by atoms with Gasteiger partial charge in [-0.15, -0.1) is 0 Å². The van der Waals surface area contributed by atoms with Crippen molar-refractivity contribution >= 4 is 7.12 Å². The van der Waals surface area contributed by atoms with Crippen LogP contribution in [0.1, 0.15) is 6.92 Å². The predicted octanol–water partition coefficient (Wildman–Crippen LogP) is 0.832. The van der Waals surface area contributed by atoms with E-state index in [1.54, 1.807) is 0 Å². The van der Waals surface area contributed by atoms with Gasteiger partial charge in [-0.05, 0) is 13.0 Å². The molecule has 0 saturated carbocycles. The Bertz CT molecular complexity index is 306. The summed E-state index contributed by atoms with van der Waals surface area (Å²) >= 11 is 0. The summed E-state index contributed by atoms with van der Waals surface area (Å²) in [5.41, 5.74) is -0.699. The van der Waals surface area contributed by atoms with Crippen molar-refractivity contribution < 1.29 is 28.0 Å². The molecular formula is C8H10BF3O3. The minimum atomic E-state index is -2.88. The molecule has 0 aromatic carbocycles. The van der Waals surface area contributed by atoms with Gasteiger partial charge < -0.3 is 14.8 Å². The molecule has 84 valence electrons. The molecule has 15 heavy (non-hydrogen) atoms. The van der Waals surface area contributed by atoms with E-state index in [0.29, 0.717) is 6.08 Å². The molecule has 3 nitrogen and oxygen atoms in total. The third kappa shape index (κ3) is 2.24. The van der Waals surface area contributed by atoms with E-state index in [4.69, 9.17) is 10.0 Å². The van der Waals surface area contributed by atoms with Crippen LogP contribution in [-0.4, -0.2) is 35.8 Å². The summed E-state index contributed by atoms with van der Waals surface area (Å²) in [6, 6.07) is 0. The number of halogens is 3. The summed E-state index contributed by atoms with van der Waals surface area (Å²) in [6.45, 7) is 1.30. The van der Waals surface area contributed by atoms with Crippen molar-refractivity contribution in [3.8, 4) is 0 Å². The van der Waals surface area contributed by atoms with Gasteiger partial charge in [0, 0.05) is 12.1 Å². The molecule has 0 radical (unpaired) electrons. The van der Waals surface area contributed by atoms with E-state index < -0.39 is 30.4 Å². The molecule has 2 atom stereocenters. The molecule has 0 bridgehead atoms.